The number of para-hydroxylation sites is 1. The van der Waals surface area contributed by atoms with Crippen LogP contribution in [0.3, 0.4) is 0 Å². The number of fused-ring (bicyclic) bond motifs is 7. The Hall–Kier alpha value is -4.90. The van der Waals surface area contributed by atoms with Gasteiger partial charge in [-0.25, -0.2) is 0 Å². The molecule has 5 heteroatoms. The Balaban J connectivity index is 0.000000267. The summed E-state index contributed by atoms with van der Waals surface area (Å²) in [6.07, 6.45) is 21.3. The van der Waals surface area contributed by atoms with Crippen molar-refractivity contribution in [1.82, 2.24) is 0 Å². The van der Waals surface area contributed by atoms with Gasteiger partial charge in [-0.15, -0.1) is 17.1 Å². The minimum Gasteiger partial charge on any atom is -0.399 e. The van der Waals surface area contributed by atoms with Crippen LogP contribution in [0.1, 0.15) is 37.8 Å². The summed E-state index contributed by atoms with van der Waals surface area (Å²) >= 11 is 1.89. The van der Waals surface area contributed by atoms with Gasteiger partial charge in [0, 0.05) is 48.9 Å². The number of thiophene rings is 1. The van der Waals surface area contributed by atoms with Crippen LogP contribution in [-0.4, -0.2) is 6.54 Å². The Morgan fingerprint density at radius 3 is 2.30 bits per heavy atom. The number of rotatable bonds is 4. The highest BCUT2D eigenvalue weighted by Gasteiger charge is 2.19. The van der Waals surface area contributed by atoms with Gasteiger partial charge in [-0.1, -0.05) is 98.8 Å². The second-order valence-electron chi connectivity index (χ2n) is 10.9. The summed E-state index contributed by atoms with van der Waals surface area (Å²) < 4.78 is 2.72. The lowest BCUT2D eigenvalue weighted by molar-refractivity contribution is 0.957. The topological polar surface area (TPSA) is 81.3 Å². The van der Waals surface area contributed by atoms with E-state index >= 15 is 0 Å². The van der Waals surface area contributed by atoms with E-state index in [0.717, 1.165) is 17.8 Å². The minimum absolute atomic E-state index is 0.784. The molecule has 234 valence electrons. The zero-order chi connectivity index (χ0) is 32.9. The van der Waals surface area contributed by atoms with E-state index in [0.29, 0.717) is 0 Å². The smallest absolute Gasteiger partial charge is 0.0548 e. The van der Waals surface area contributed by atoms with Gasteiger partial charge in [-0.05, 0) is 84.7 Å². The van der Waals surface area contributed by atoms with Crippen molar-refractivity contribution in [1.29, 1.82) is 0 Å². The predicted octanol–water partition coefficient (Wildman–Crippen LogP) is 10.5. The summed E-state index contributed by atoms with van der Waals surface area (Å²) in [5.74, 6) is 8.00. The van der Waals surface area contributed by atoms with Crippen molar-refractivity contribution < 1.29 is 0 Å². The average Bonchev–Trinajstić information content (AvgIpc) is 3.74. The molecule has 0 amide bonds. The molecule has 0 fully saturated rings. The number of hydrogen-bond donors (Lipinski definition) is 3. The van der Waals surface area contributed by atoms with Gasteiger partial charge in [0.05, 0.1) is 6.54 Å². The molecular formula is C41H44N4S. The van der Waals surface area contributed by atoms with Gasteiger partial charge in [-0.2, -0.15) is 0 Å². The van der Waals surface area contributed by atoms with Gasteiger partial charge in [-0.3, -0.25) is 11.7 Å². The predicted molar refractivity (Wildman–Crippen MR) is 206 cm³/mol. The van der Waals surface area contributed by atoms with Crippen LogP contribution in [-0.2, 0) is 0 Å². The first-order valence-electron chi connectivity index (χ1n) is 15.6. The fraction of sp³-hybridized carbons (Fsp3) is 0.146. The Labute approximate surface area is 277 Å². The number of allylic oxidation sites excluding steroid dienone is 7. The van der Waals surface area contributed by atoms with E-state index < -0.39 is 0 Å². The first-order valence-corrected chi connectivity index (χ1v) is 16.4. The van der Waals surface area contributed by atoms with E-state index in [9.17, 15) is 0 Å². The van der Waals surface area contributed by atoms with Crippen molar-refractivity contribution in [2.24, 2.45) is 11.7 Å². The second-order valence-corrected chi connectivity index (χ2v) is 11.9. The van der Waals surface area contributed by atoms with E-state index in [1.54, 1.807) is 0 Å². The SMILES string of the molecule is C/C=C\CCC.C=C1/C=C\C=C/N(CC2=C=CC=C2)c2ccc3c(ccc4sc5c(C)cccc5c43)c21.NN.Nc1ccccc1. The highest BCUT2D eigenvalue weighted by Crippen LogP contribution is 2.44. The first-order chi connectivity index (χ1) is 22.5. The molecule has 2 aliphatic rings. The molecule has 1 aliphatic heterocycles. The average molecular weight is 625 g/mol. The number of benzene rings is 4. The van der Waals surface area contributed by atoms with Gasteiger partial charge in [0.15, 0.2) is 0 Å². The second kappa shape index (κ2) is 17.0. The third-order valence-corrected chi connectivity index (χ3v) is 8.94. The van der Waals surface area contributed by atoms with Crippen molar-refractivity contribution in [2.45, 2.75) is 33.6 Å². The van der Waals surface area contributed by atoms with Gasteiger partial charge in [0.1, 0.15) is 0 Å². The molecule has 46 heavy (non-hydrogen) atoms. The van der Waals surface area contributed by atoms with Crippen LogP contribution in [0.4, 0.5) is 11.4 Å². The Morgan fingerprint density at radius 2 is 1.65 bits per heavy atom. The maximum Gasteiger partial charge on any atom is 0.0548 e. The lowest BCUT2D eigenvalue weighted by atomic mass is 9.93. The van der Waals surface area contributed by atoms with Gasteiger partial charge in [0.2, 0.25) is 0 Å². The molecule has 1 aliphatic carbocycles. The summed E-state index contributed by atoms with van der Waals surface area (Å²) in [4.78, 5) is 2.30. The summed E-state index contributed by atoms with van der Waals surface area (Å²) in [6.45, 7) is 11.6. The zero-order valence-corrected chi connectivity index (χ0v) is 27.9. The molecule has 0 radical (unpaired) electrons. The lowest BCUT2D eigenvalue weighted by Gasteiger charge is -2.26. The molecule has 0 saturated carbocycles. The molecule has 2 heterocycles. The number of nitrogens with two attached hydrogens (primary N) is 3. The monoisotopic (exact) mass is 624 g/mol. The molecule has 0 saturated heterocycles. The van der Waals surface area contributed by atoms with Gasteiger partial charge >= 0.3 is 0 Å². The Bertz CT molecular complexity index is 1980. The molecule has 4 nitrogen and oxygen atoms in total. The van der Waals surface area contributed by atoms with Crippen LogP contribution in [0.25, 0.3) is 36.5 Å². The highest BCUT2D eigenvalue weighted by atomic mass is 32.1. The van der Waals surface area contributed by atoms with E-state index in [-0.39, 0.29) is 0 Å². The van der Waals surface area contributed by atoms with Crippen LogP contribution in [0.2, 0.25) is 0 Å². The van der Waals surface area contributed by atoms with Crippen LogP contribution >= 0.6 is 11.3 Å². The molecule has 4 aromatic carbocycles. The summed E-state index contributed by atoms with van der Waals surface area (Å²) in [5.41, 5.74) is 15.5. The number of anilines is 2. The minimum atomic E-state index is 0.784. The van der Waals surface area contributed by atoms with E-state index in [2.05, 4.69) is 135 Å². The van der Waals surface area contributed by atoms with Crippen molar-refractivity contribution in [2.75, 3.05) is 17.2 Å². The highest BCUT2D eigenvalue weighted by molar-refractivity contribution is 7.26. The quantitative estimate of drug-likeness (QED) is 0.0611. The summed E-state index contributed by atoms with van der Waals surface area (Å²) in [6, 6.07) is 25.2. The van der Waals surface area contributed by atoms with E-state index in [1.165, 1.54) is 66.2 Å². The zero-order valence-electron chi connectivity index (χ0n) is 27.0. The standard InChI is InChI=1S/C29H21NS.C6H7N.C6H12.H4N2/c1-19-8-5-6-17-30(18-21-10-3-4-11-21)25-15-13-23-22(27(19)25)14-16-26-28(23)24-12-7-9-20(2)29(24)31-26;7-6-4-2-1-3-5-6;1-3-5-6-4-2;1-2/h3-10,12-17H,1,18H2,2H3;1-5H,7H2;3,5H,4,6H2,1-2H3;1-2H2/b8-5-,17-6-;;5-3-;. The fourth-order valence-electron chi connectivity index (χ4n) is 5.47. The van der Waals surface area contributed by atoms with Crippen molar-refractivity contribution in [3.63, 3.8) is 0 Å². The van der Waals surface area contributed by atoms with Crippen molar-refractivity contribution in [3.05, 3.63) is 157 Å². The molecule has 0 spiro atoms. The van der Waals surface area contributed by atoms with Crippen LogP contribution in [0.5, 0.6) is 0 Å². The molecule has 7 rings (SSSR count). The molecule has 1 aromatic heterocycles. The number of nitrogen functional groups attached to an aromatic ring is 1. The van der Waals surface area contributed by atoms with Crippen molar-refractivity contribution in [3.8, 4) is 0 Å². The summed E-state index contributed by atoms with van der Waals surface area (Å²) in [7, 11) is 0. The van der Waals surface area contributed by atoms with Crippen LogP contribution < -0.4 is 22.3 Å². The first kappa shape index (κ1) is 34.0. The van der Waals surface area contributed by atoms with Crippen LogP contribution in [0, 0.1) is 6.92 Å². The van der Waals surface area contributed by atoms with E-state index in [4.69, 9.17) is 5.73 Å². The normalized spacial score (nSPS) is 14.4. The molecule has 6 N–H and O–H groups in total. The molecule has 0 atom stereocenters. The molecular weight excluding hydrogens is 581 g/mol. The van der Waals surface area contributed by atoms with Gasteiger partial charge < -0.3 is 10.6 Å². The molecule has 0 unspecified atom stereocenters. The Morgan fingerprint density at radius 1 is 0.870 bits per heavy atom. The number of nitrogens with zero attached hydrogens (tertiary/aromatic N) is 1. The van der Waals surface area contributed by atoms with Crippen molar-refractivity contribution >= 4 is 59.2 Å². The van der Waals surface area contributed by atoms with E-state index in [1.807, 2.05) is 53.8 Å². The largest absolute Gasteiger partial charge is 0.399 e. The maximum absolute atomic E-state index is 5.36. The fourth-order valence-corrected chi connectivity index (χ4v) is 6.66. The number of unbranched alkanes of at least 4 members (excludes halogenated alkanes) is 1. The summed E-state index contributed by atoms with van der Waals surface area (Å²) in [5, 5.41) is 5.26. The molecule has 5 aromatic rings. The third kappa shape index (κ3) is 8.02. The maximum atomic E-state index is 5.36. The number of aryl methyl sites for hydroxylation is 1. The lowest BCUT2D eigenvalue weighted by Crippen LogP contribution is -2.20. The van der Waals surface area contributed by atoms with Gasteiger partial charge in [0.25, 0.3) is 0 Å². The number of hydrazine groups is 1. The molecule has 0 bridgehead atoms. The third-order valence-electron chi connectivity index (χ3n) is 7.63. The van der Waals surface area contributed by atoms with Crippen LogP contribution in [0.15, 0.2) is 145 Å². The number of hydrogen-bond acceptors (Lipinski definition) is 5. The Kier molecular flexibility index (Phi) is 12.5.